The summed E-state index contributed by atoms with van der Waals surface area (Å²) in [5.41, 5.74) is 1.79. The van der Waals surface area contributed by atoms with Crippen LogP contribution in [0.3, 0.4) is 0 Å². The number of hydrogen-bond donors (Lipinski definition) is 0. The normalized spacial score (nSPS) is 18.9. The summed E-state index contributed by atoms with van der Waals surface area (Å²) in [6, 6.07) is 4.95. The van der Waals surface area contributed by atoms with Crippen molar-refractivity contribution in [2.75, 3.05) is 33.6 Å². The molecule has 2 rings (SSSR count). The highest BCUT2D eigenvalue weighted by Crippen LogP contribution is 2.31. The van der Waals surface area contributed by atoms with Gasteiger partial charge in [0.05, 0.1) is 30.5 Å². The molecule has 0 aromatic heterocycles. The van der Waals surface area contributed by atoms with Gasteiger partial charge >= 0.3 is 0 Å². The van der Waals surface area contributed by atoms with E-state index in [2.05, 4.69) is 0 Å². The summed E-state index contributed by atoms with van der Waals surface area (Å²) in [5.74, 6) is 0. The third-order valence-corrected chi connectivity index (χ3v) is 6.01. The van der Waals surface area contributed by atoms with Crippen LogP contribution in [0.4, 0.5) is 0 Å². The first-order valence-electron chi connectivity index (χ1n) is 7.12. The van der Waals surface area contributed by atoms with Crippen LogP contribution < -0.4 is 0 Å². The molecule has 23 heavy (non-hydrogen) atoms. The lowest BCUT2D eigenvalue weighted by Gasteiger charge is -2.26. The Morgan fingerprint density at radius 1 is 1.26 bits per heavy atom. The van der Waals surface area contributed by atoms with E-state index in [4.69, 9.17) is 8.92 Å². The third-order valence-electron chi connectivity index (χ3n) is 3.61. The molecule has 7 nitrogen and oxygen atoms in total. The van der Waals surface area contributed by atoms with Gasteiger partial charge in [0.2, 0.25) is 10.0 Å². The van der Waals surface area contributed by atoms with Crippen molar-refractivity contribution < 1.29 is 25.8 Å². The molecular formula is C14H21NO6S2. The van der Waals surface area contributed by atoms with Gasteiger partial charge in [0.1, 0.15) is 0 Å². The van der Waals surface area contributed by atoms with Crippen LogP contribution in [0.1, 0.15) is 23.7 Å². The van der Waals surface area contributed by atoms with Crippen LogP contribution in [-0.4, -0.2) is 54.7 Å². The van der Waals surface area contributed by atoms with E-state index < -0.39 is 20.1 Å². The monoisotopic (exact) mass is 363 g/mol. The molecule has 0 unspecified atom stereocenters. The fourth-order valence-corrected chi connectivity index (χ4v) is 3.78. The smallest absolute Gasteiger partial charge is 0.264 e. The second-order valence-electron chi connectivity index (χ2n) is 5.57. The number of rotatable bonds is 6. The minimum atomic E-state index is -3.48. The summed E-state index contributed by atoms with van der Waals surface area (Å²) >= 11 is 0. The summed E-state index contributed by atoms with van der Waals surface area (Å²) in [5, 5.41) is 0. The topological polar surface area (TPSA) is 90.0 Å². The minimum Gasteiger partial charge on any atom is -0.373 e. The fraction of sp³-hybridized carbons (Fsp3) is 0.571. The maximum atomic E-state index is 12.2. The first-order chi connectivity index (χ1) is 10.6. The number of nitrogens with zero attached hydrogens (tertiary/aromatic N) is 1. The van der Waals surface area contributed by atoms with Crippen molar-refractivity contribution in [2.45, 2.75) is 23.8 Å². The number of ether oxygens (including phenoxy) is 1. The summed E-state index contributed by atoms with van der Waals surface area (Å²) in [7, 11) is -3.98. The number of sulfonamides is 1. The van der Waals surface area contributed by atoms with E-state index in [9.17, 15) is 16.8 Å². The highest BCUT2D eigenvalue weighted by atomic mass is 32.2. The summed E-state index contributed by atoms with van der Waals surface area (Å²) in [6.45, 7) is 0.489. The van der Waals surface area contributed by atoms with E-state index in [1.165, 1.54) is 18.4 Å². The molecule has 1 aromatic carbocycles. The molecule has 0 spiro atoms. The van der Waals surface area contributed by atoms with Gasteiger partial charge in [0.25, 0.3) is 10.1 Å². The predicted octanol–water partition coefficient (Wildman–Crippen LogP) is 0.917. The van der Waals surface area contributed by atoms with E-state index >= 15 is 0 Å². The molecule has 0 bridgehead atoms. The first-order valence-corrected chi connectivity index (χ1v) is 10.4. The van der Waals surface area contributed by atoms with Gasteiger partial charge in [-0.3, -0.25) is 4.18 Å². The van der Waals surface area contributed by atoms with Crippen LogP contribution >= 0.6 is 0 Å². The van der Waals surface area contributed by atoms with Gasteiger partial charge < -0.3 is 4.74 Å². The Labute approximate surface area is 137 Å². The van der Waals surface area contributed by atoms with Crippen molar-refractivity contribution in [1.29, 1.82) is 0 Å². The van der Waals surface area contributed by atoms with Crippen molar-refractivity contribution >= 4 is 20.1 Å². The Balaban J connectivity index is 2.20. The largest absolute Gasteiger partial charge is 0.373 e. The molecule has 0 fully saturated rings. The van der Waals surface area contributed by atoms with E-state index in [0.717, 1.165) is 17.4 Å². The van der Waals surface area contributed by atoms with E-state index in [1.54, 1.807) is 18.2 Å². The highest BCUT2D eigenvalue weighted by molar-refractivity contribution is 7.89. The van der Waals surface area contributed by atoms with Crippen LogP contribution in [0, 0.1) is 0 Å². The number of hydrogen-bond acceptors (Lipinski definition) is 6. The molecule has 0 N–H and O–H groups in total. The van der Waals surface area contributed by atoms with Crippen molar-refractivity contribution in [3.05, 3.63) is 29.3 Å². The SMILES string of the molecule is CN(C)S(=O)(=O)c1ccc2c(c1)CCO[C@H]2CCOS(C)(=O)=O. The van der Waals surface area contributed by atoms with Crippen molar-refractivity contribution in [2.24, 2.45) is 0 Å². The van der Waals surface area contributed by atoms with Gasteiger partial charge in [-0.1, -0.05) is 6.07 Å². The Hall–Kier alpha value is -1.00. The van der Waals surface area contributed by atoms with E-state index in [0.29, 0.717) is 19.4 Å². The van der Waals surface area contributed by atoms with Crippen molar-refractivity contribution in [1.82, 2.24) is 4.31 Å². The summed E-state index contributed by atoms with van der Waals surface area (Å²) in [4.78, 5) is 0.245. The van der Waals surface area contributed by atoms with Gasteiger partial charge in [0.15, 0.2) is 0 Å². The number of fused-ring (bicyclic) bond motifs is 1. The van der Waals surface area contributed by atoms with Gasteiger partial charge in [-0.05, 0) is 29.7 Å². The molecule has 0 amide bonds. The zero-order valence-corrected chi connectivity index (χ0v) is 15.0. The minimum absolute atomic E-state index is 0.0285. The van der Waals surface area contributed by atoms with E-state index in [1.807, 2.05) is 0 Å². The average molecular weight is 363 g/mol. The van der Waals surface area contributed by atoms with Gasteiger partial charge in [-0.15, -0.1) is 0 Å². The van der Waals surface area contributed by atoms with E-state index in [-0.39, 0.29) is 17.6 Å². The van der Waals surface area contributed by atoms with Gasteiger partial charge in [-0.25, -0.2) is 12.7 Å². The average Bonchev–Trinajstić information content (AvgIpc) is 2.45. The summed E-state index contributed by atoms with van der Waals surface area (Å²) in [6.07, 6.45) is 1.72. The Kier molecular flexibility index (Phi) is 5.47. The first kappa shape index (κ1) is 18.3. The molecule has 1 aliphatic rings. The number of benzene rings is 1. The van der Waals surface area contributed by atoms with Crippen LogP contribution in [0.25, 0.3) is 0 Å². The molecule has 130 valence electrons. The van der Waals surface area contributed by atoms with Gasteiger partial charge in [-0.2, -0.15) is 8.42 Å². The van der Waals surface area contributed by atoms with Gasteiger partial charge in [0, 0.05) is 20.5 Å². The predicted molar refractivity (Wildman–Crippen MR) is 85.1 cm³/mol. The van der Waals surface area contributed by atoms with Crippen LogP contribution in [0.15, 0.2) is 23.1 Å². The second-order valence-corrected chi connectivity index (χ2v) is 9.37. The molecule has 1 aromatic rings. The molecule has 1 atom stereocenters. The lowest BCUT2D eigenvalue weighted by atomic mass is 9.96. The second kappa shape index (κ2) is 6.86. The molecule has 1 aliphatic heterocycles. The zero-order valence-electron chi connectivity index (χ0n) is 13.4. The van der Waals surface area contributed by atoms with Crippen LogP contribution in [0.5, 0.6) is 0 Å². The Morgan fingerprint density at radius 3 is 2.57 bits per heavy atom. The molecule has 1 heterocycles. The summed E-state index contributed by atoms with van der Waals surface area (Å²) < 4.78 is 58.0. The zero-order chi connectivity index (χ0) is 17.3. The fourth-order valence-electron chi connectivity index (χ4n) is 2.43. The maximum Gasteiger partial charge on any atom is 0.264 e. The van der Waals surface area contributed by atoms with Crippen LogP contribution in [-0.2, 0) is 35.5 Å². The quantitative estimate of drug-likeness (QED) is 0.698. The molecule has 0 saturated heterocycles. The maximum absolute atomic E-state index is 12.2. The molecule has 0 aliphatic carbocycles. The van der Waals surface area contributed by atoms with Crippen molar-refractivity contribution in [3.63, 3.8) is 0 Å². The highest BCUT2D eigenvalue weighted by Gasteiger charge is 2.24. The molecule has 0 radical (unpaired) electrons. The lowest BCUT2D eigenvalue weighted by molar-refractivity contribution is 0.0282. The Morgan fingerprint density at radius 2 is 1.96 bits per heavy atom. The third kappa shape index (κ3) is 4.51. The van der Waals surface area contributed by atoms with Crippen molar-refractivity contribution in [3.8, 4) is 0 Å². The standard InChI is InChI=1S/C14H21NO6S2/c1-15(2)23(18,19)12-4-5-13-11(10-12)6-8-20-14(13)7-9-21-22(3,16)17/h4-5,10,14H,6-9H2,1-3H3/t14-/m0/s1. The Bertz CT molecular complexity index is 770. The lowest BCUT2D eigenvalue weighted by Crippen LogP contribution is -2.24. The molecule has 0 saturated carbocycles. The molecule has 9 heteroatoms. The van der Waals surface area contributed by atoms with Crippen LogP contribution in [0.2, 0.25) is 0 Å². The molecular weight excluding hydrogens is 342 g/mol.